The molecule has 0 saturated heterocycles. The van der Waals surface area contributed by atoms with E-state index in [4.69, 9.17) is 5.11 Å². The van der Waals surface area contributed by atoms with Crippen molar-refractivity contribution in [1.29, 1.82) is 0 Å². The molecule has 0 aromatic heterocycles. The SMILES string of the molecule is CC(C(=O)O)N(C)C(=O)Cc1ccc([N+](=O)[O-])cc1Br. The minimum Gasteiger partial charge on any atom is -0.480 e. The maximum atomic E-state index is 11.9. The van der Waals surface area contributed by atoms with Crippen LogP contribution in [0.1, 0.15) is 12.5 Å². The van der Waals surface area contributed by atoms with Crippen molar-refractivity contribution in [2.45, 2.75) is 19.4 Å². The predicted molar refractivity (Wildman–Crippen MR) is 74.4 cm³/mol. The highest BCUT2D eigenvalue weighted by atomic mass is 79.9. The third-order valence-corrected chi connectivity index (χ3v) is 3.66. The first kappa shape index (κ1) is 16.1. The van der Waals surface area contributed by atoms with Crippen LogP contribution in [0.4, 0.5) is 5.69 Å². The number of carbonyl (C=O) groups is 2. The van der Waals surface area contributed by atoms with Gasteiger partial charge >= 0.3 is 5.97 Å². The maximum Gasteiger partial charge on any atom is 0.326 e. The van der Waals surface area contributed by atoms with Crippen LogP contribution in [0.2, 0.25) is 0 Å². The molecule has 0 fully saturated rings. The second-order valence-electron chi connectivity index (χ2n) is 4.23. The van der Waals surface area contributed by atoms with E-state index in [2.05, 4.69) is 15.9 Å². The Balaban J connectivity index is 2.86. The van der Waals surface area contributed by atoms with Crippen molar-refractivity contribution in [2.75, 3.05) is 7.05 Å². The number of halogens is 1. The van der Waals surface area contributed by atoms with Crippen LogP contribution in [0.25, 0.3) is 0 Å². The van der Waals surface area contributed by atoms with Gasteiger partial charge in [-0.25, -0.2) is 4.79 Å². The van der Waals surface area contributed by atoms with Gasteiger partial charge in [-0.1, -0.05) is 22.0 Å². The summed E-state index contributed by atoms with van der Waals surface area (Å²) in [5.74, 6) is -1.47. The normalized spacial score (nSPS) is 11.8. The molecule has 0 radical (unpaired) electrons. The van der Waals surface area contributed by atoms with Gasteiger partial charge in [-0.05, 0) is 12.5 Å². The molecule has 1 N–H and O–H groups in total. The molecule has 1 amide bonds. The zero-order chi connectivity index (χ0) is 15.4. The number of carbonyl (C=O) groups excluding carboxylic acids is 1. The number of nitrogens with zero attached hydrogens (tertiary/aromatic N) is 2. The van der Waals surface area contributed by atoms with Crippen LogP contribution in [0.5, 0.6) is 0 Å². The van der Waals surface area contributed by atoms with E-state index in [1.54, 1.807) is 0 Å². The first-order valence-electron chi connectivity index (χ1n) is 5.65. The number of nitro benzene ring substituents is 1. The second kappa shape index (κ2) is 6.47. The number of likely N-dealkylation sites (N-methyl/N-ethyl adjacent to an activating group) is 1. The van der Waals surface area contributed by atoms with Gasteiger partial charge in [-0.2, -0.15) is 0 Å². The van der Waals surface area contributed by atoms with Crippen molar-refractivity contribution in [3.63, 3.8) is 0 Å². The lowest BCUT2D eigenvalue weighted by atomic mass is 10.1. The molecule has 0 heterocycles. The first-order chi connectivity index (χ1) is 9.23. The van der Waals surface area contributed by atoms with E-state index in [9.17, 15) is 19.7 Å². The van der Waals surface area contributed by atoms with Gasteiger partial charge in [0.2, 0.25) is 5.91 Å². The number of aliphatic carboxylic acids is 1. The Kier molecular flexibility index (Phi) is 5.20. The van der Waals surface area contributed by atoms with Crippen molar-refractivity contribution in [2.24, 2.45) is 0 Å². The Morgan fingerprint density at radius 1 is 1.50 bits per heavy atom. The Morgan fingerprint density at radius 2 is 2.10 bits per heavy atom. The highest BCUT2D eigenvalue weighted by Crippen LogP contribution is 2.23. The topological polar surface area (TPSA) is 101 Å². The minimum absolute atomic E-state index is 0.0350. The summed E-state index contributed by atoms with van der Waals surface area (Å²) in [5.41, 5.74) is 0.477. The largest absolute Gasteiger partial charge is 0.480 e. The molecular formula is C12H13BrN2O5. The Labute approximate surface area is 123 Å². The monoisotopic (exact) mass is 344 g/mol. The highest BCUT2D eigenvalue weighted by molar-refractivity contribution is 9.10. The molecule has 1 aromatic carbocycles. The molecule has 0 aliphatic heterocycles. The van der Waals surface area contributed by atoms with E-state index in [0.717, 1.165) is 4.90 Å². The van der Waals surface area contributed by atoms with Crippen molar-refractivity contribution < 1.29 is 19.6 Å². The van der Waals surface area contributed by atoms with Gasteiger partial charge in [0.15, 0.2) is 0 Å². The molecule has 0 saturated carbocycles. The van der Waals surface area contributed by atoms with E-state index in [0.29, 0.717) is 10.0 Å². The summed E-state index contributed by atoms with van der Waals surface area (Å²) in [7, 11) is 1.40. The lowest BCUT2D eigenvalue weighted by molar-refractivity contribution is -0.384. The molecule has 0 bridgehead atoms. The standard InChI is InChI=1S/C12H13BrN2O5/c1-7(12(17)18)14(2)11(16)5-8-3-4-9(15(19)20)6-10(8)13/h3-4,6-7H,5H2,1-2H3,(H,17,18). The number of benzene rings is 1. The van der Waals surface area contributed by atoms with Crippen LogP contribution in [-0.4, -0.2) is 39.9 Å². The number of hydrogen-bond donors (Lipinski definition) is 1. The van der Waals surface area contributed by atoms with Crippen LogP contribution in [-0.2, 0) is 16.0 Å². The third-order valence-electron chi connectivity index (χ3n) is 2.92. The molecule has 1 atom stereocenters. The van der Waals surface area contributed by atoms with Crippen molar-refractivity contribution in [1.82, 2.24) is 4.90 Å². The molecule has 0 aliphatic carbocycles. The lowest BCUT2D eigenvalue weighted by Crippen LogP contribution is -2.41. The predicted octanol–water partition coefficient (Wildman–Crippen LogP) is 1.83. The summed E-state index contributed by atoms with van der Waals surface area (Å²) < 4.78 is 0.441. The van der Waals surface area contributed by atoms with Gasteiger partial charge in [-0.15, -0.1) is 0 Å². The maximum absolute atomic E-state index is 11.9. The zero-order valence-corrected chi connectivity index (χ0v) is 12.5. The summed E-state index contributed by atoms with van der Waals surface area (Å²) >= 11 is 3.17. The lowest BCUT2D eigenvalue weighted by Gasteiger charge is -2.21. The van der Waals surface area contributed by atoms with Crippen molar-refractivity contribution >= 4 is 33.5 Å². The number of hydrogen-bond acceptors (Lipinski definition) is 4. The highest BCUT2D eigenvalue weighted by Gasteiger charge is 2.22. The van der Waals surface area contributed by atoms with Crippen LogP contribution in [0, 0.1) is 10.1 Å². The van der Waals surface area contributed by atoms with Gasteiger partial charge in [0.1, 0.15) is 6.04 Å². The molecule has 1 aromatic rings. The summed E-state index contributed by atoms with van der Waals surface area (Å²) in [6, 6.07) is 3.15. The van der Waals surface area contributed by atoms with Crippen LogP contribution < -0.4 is 0 Å². The number of rotatable bonds is 5. The van der Waals surface area contributed by atoms with Gasteiger partial charge in [-0.3, -0.25) is 14.9 Å². The van der Waals surface area contributed by atoms with Gasteiger partial charge in [0.05, 0.1) is 11.3 Å². The van der Waals surface area contributed by atoms with Crippen LogP contribution >= 0.6 is 15.9 Å². The quantitative estimate of drug-likeness (QED) is 0.648. The number of carboxylic acids is 1. The van der Waals surface area contributed by atoms with E-state index in [1.807, 2.05) is 0 Å². The first-order valence-corrected chi connectivity index (χ1v) is 6.44. The summed E-state index contributed by atoms with van der Waals surface area (Å²) in [5, 5.41) is 19.4. The number of amides is 1. The fourth-order valence-corrected chi connectivity index (χ4v) is 1.97. The van der Waals surface area contributed by atoms with Gasteiger partial charge in [0.25, 0.3) is 5.69 Å². The smallest absolute Gasteiger partial charge is 0.326 e. The van der Waals surface area contributed by atoms with Crippen molar-refractivity contribution in [3.8, 4) is 0 Å². The Bertz CT molecular complexity index is 561. The summed E-state index contributed by atoms with van der Waals surface area (Å²) in [4.78, 5) is 33.9. The van der Waals surface area contributed by atoms with Gasteiger partial charge < -0.3 is 10.0 Å². The number of carboxylic acid groups (broad SMARTS) is 1. The average molecular weight is 345 g/mol. The Hall–Kier alpha value is -1.96. The number of non-ortho nitro benzene ring substituents is 1. The fraction of sp³-hybridized carbons (Fsp3) is 0.333. The molecule has 20 heavy (non-hydrogen) atoms. The average Bonchev–Trinajstić information content (AvgIpc) is 2.38. The minimum atomic E-state index is -1.09. The molecule has 108 valence electrons. The van der Waals surface area contributed by atoms with E-state index < -0.39 is 16.9 Å². The second-order valence-corrected chi connectivity index (χ2v) is 5.08. The third kappa shape index (κ3) is 3.77. The molecule has 1 unspecified atom stereocenters. The van der Waals surface area contributed by atoms with Gasteiger partial charge in [0, 0.05) is 23.7 Å². The fourth-order valence-electron chi connectivity index (χ4n) is 1.46. The molecule has 7 nitrogen and oxygen atoms in total. The van der Waals surface area contributed by atoms with E-state index >= 15 is 0 Å². The van der Waals surface area contributed by atoms with Crippen molar-refractivity contribution in [3.05, 3.63) is 38.3 Å². The number of nitro groups is 1. The summed E-state index contributed by atoms with van der Waals surface area (Å²) in [6.07, 6.45) is -0.0350. The molecule has 8 heteroatoms. The molecule has 1 rings (SSSR count). The zero-order valence-electron chi connectivity index (χ0n) is 10.9. The molecular weight excluding hydrogens is 332 g/mol. The van der Waals surface area contributed by atoms with Crippen LogP contribution in [0.3, 0.4) is 0 Å². The molecule has 0 spiro atoms. The van der Waals surface area contributed by atoms with Crippen LogP contribution in [0.15, 0.2) is 22.7 Å². The molecule has 0 aliphatic rings. The van der Waals surface area contributed by atoms with E-state index in [1.165, 1.54) is 32.2 Å². The Morgan fingerprint density at radius 3 is 2.55 bits per heavy atom. The summed E-state index contributed by atoms with van der Waals surface area (Å²) in [6.45, 7) is 1.41. The van der Waals surface area contributed by atoms with E-state index in [-0.39, 0.29) is 18.0 Å².